The van der Waals surface area contributed by atoms with Crippen molar-refractivity contribution in [3.63, 3.8) is 0 Å². The van der Waals surface area contributed by atoms with Crippen molar-refractivity contribution in [1.82, 2.24) is 9.38 Å². The number of fused-ring (bicyclic) bond motifs is 1. The molecule has 2 aromatic carbocycles. The lowest BCUT2D eigenvalue weighted by Gasteiger charge is -2.06. The summed E-state index contributed by atoms with van der Waals surface area (Å²) in [7, 11) is 0. The van der Waals surface area contributed by atoms with Crippen molar-refractivity contribution >= 4 is 22.6 Å². The van der Waals surface area contributed by atoms with Crippen LogP contribution in [0.5, 0.6) is 0 Å². The topological polar surface area (TPSA) is 34.4 Å². The molecular formula is C20H14F2N2OS. The maximum absolute atomic E-state index is 13.3. The summed E-state index contributed by atoms with van der Waals surface area (Å²) in [5.41, 5.74) is 3.25. The Morgan fingerprint density at radius 1 is 1.00 bits per heavy atom. The summed E-state index contributed by atoms with van der Waals surface area (Å²) in [6, 6.07) is 12.1. The summed E-state index contributed by atoms with van der Waals surface area (Å²) >= 11 is 1.50. The van der Waals surface area contributed by atoms with Gasteiger partial charge in [-0.25, -0.2) is 13.8 Å². The van der Waals surface area contributed by atoms with Gasteiger partial charge in [-0.1, -0.05) is 6.92 Å². The fourth-order valence-corrected chi connectivity index (χ4v) is 4.13. The van der Waals surface area contributed by atoms with Crippen molar-refractivity contribution in [2.24, 2.45) is 0 Å². The summed E-state index contributed by atoms with van der Waals surface area (Å²) in [5.74, 6) is -0.658. The molecule has 2 heterocycles. The predicted molar refractivity (Wildman–Crippen MR) is 98.6 cm³/mol. The number of hydrogen-bond acceptors (Lipinski definition) is 3. The molecule has 4 aromatic rings. The number of hydrogen-bond donors (Lipinski definition) is 0. The van der Waals surface area contributed by atoms with Crippen LogP contribution in [-0.2, 0) is 6.42 Å². The van der Waals surface area contributed by atoms with E-state index < -0.39 is 0 Å². The molecule has 0 bridgehead atoms. The number of aldehydes is 1. The van der Waals surface area contributed by atoms with Crippen LogP contribution in [0.4, 0.5) is 8.78 Å². The van der Waals surface area contributed by atoms with E-state index in [4.69, 9.17) is 0 Å². The fraction of sp³-hybridized carbons (Fsp3) is 0.100. The van der Waals surface area contributed by atoms with E-state index in [0.717, 1.165) is 28.8 Å². The number of halogens is 2. The molecule has 26 heavy (non-hydrogen) atoms. The fourth-order valence-electron chi connectivity index (χ4n) is 3.05. The molecule has 0 radical (unpaired) electrons. The van der Waals surface area contributed by atoms with Gasteiger partial charge < -0.3 is 0 Å². The molecule has 0 aliphatic rings. The van der Waals surface area contributed by atoms with E-state index in [0.29, 0.717) is 21.9 Å². The first-order valence-corrected chi connectivity index (χ1v) is 8.95. The van der Waals surface area contributed by atoms with Gasteiger partial charge in [0.2, 0.25) is 0 Å². The smallest absolute Gasteiger partial charge is 0.195 e. The summed E-state index contributed by atoms with van der Waals surface area (Å²) < 4.78 is 28.4. The highest BCUT2D eigenvalue weighted by atomic mass is 32.1. The monoisotopic (exact) mass is 368 g/mol. The maximum atomic E-state index is 13.3. The van der Waals surface area contributed by atoms with Gasteiger partial charge >= 0.3 is 0 Å². The van der Waals surface area contributed by atoms with Gasteiger partial charge in [0.05, 0.1) is 5.69 Å². The third-order valence-corrected chi connectivity index (χ3v) is 5.44. The van der Waals surface area contributed by atoms with Crippen molar-refractivity contribution in [2.75, 3.05) is 0 Å². The molecule has 0 amide bonds. The van der Waals surface area contributed by atoms with Crippen LogP contribution < -0.4 is 0 Å². The molecule has 0 fully saturated rings. The van der Waals surface area contributed by atoms with Gasteiger partial charge in [-0.2, -0.15) is 0 Å². The number of nitrogens with zero attached hydrogens (tertiary/aromatic N) is 2. The predicted octanol–water partition coefficient (Wildman–Crippen LogP) is 5.38. The highest BCUT2D eigenvalue weighted by Crippen LogP contribution is 2.36. The van der Waals surface area contributed by atoms with Crippen molar-refractivity contribution in [2.45, 2.75) is 13.3 Å². The summed E-state index contributed by atoms with van der Waals surface area (Å²) in [6.45, 7) is 2.03. The van der Waals surface area contributed by atoms with Crippen molar-refractivity contribution < 1.29 is 13.6 Å². The third-order valence-electron chi connectivity index (χ3n) is 4.25. The first kappa shape index (κ1) is 16.6. The summed E-state index contributed by atoms with van der Waals surface area (Å²) in [5, 5.41) is 0. The zero-order valence-electron chi connectivity index (χ0n) is 13.9. The average molecular weight is 368 g/mol. The number of rotatable bonds is 4. The van der Waals surface area contributed by atoms with Gasteiger partial charge in [0.15, 0.2) is 11.2 Å². The van der Waals surface area contributed by atoms with Gasteiger partial charge in [-0.05, 0) is 60.5 Å². The maximum Gasteiger partial charge on any atom is 0.195 e. The summed E-state index contributed by atoms with van der Waals surface area (Å²) in [6.07, 6.45) is 1.53. The molecule has 3 nitrogen and oxygen atoms in total. The lowest BCUT2D eigenvalue weighted by molar-refractivity contribution is 0.111. The molecule has 0 saturated carbocycles. The average Bonchev–Trinajstić information content (AvgIpc) is 3.18. The number of carbonyl (C=O) groups excluding carboxylic acids is 1. The molecule has 0 spiro atoms. The first-order valence-electron chi connectivity index (χ1n) is 8.13. The highest BCUT2D eigenvalue weighted by molar-refractivity contribution is 7.17. The molecule has 2 aromatic heterocycles. The first-order chi connectivity index (χ1) is 12.6. The minimum Gasteiger partial charge on any atom is -0.296 e. The van der Waals surface area contributed by atoms with E-state index in [1.54, 1.807) is 24.3 Å². The summed E-state index contributed by atoms with van der Waals surface area (Å²) in [4.78, 5) is 18.2. The Labute approximate surface area is 152 Å². The number of carbonyl (C=O) groups is 1. The Balaban J connectivity index is 2.00. The van der Waals surface area contributed by atoms with Gasteiger partial charge in [0.1, 0.15) is 23.0 Å². The number of benzene rings is 2. The third kappa shape index (κ3) is 2.63. The van der Waals surface area contributed by atoms with Crippen molar-refractivity contribution in [3.8, 4) is 22.5 Å². The molecule has 130 valence electrons. The van der Waals surface area contributed by atoms with E-state index in [9.17, 15) is 13.6 Å². The van der Waals surface area contributed by atoms with Crippen molar-refractivity contribution in [1.29, 1.82) is 0 Å². The molecule has 0 N–H and O–H groups in total. The second-order valence-electron chi connectivity index (χ2n) is 5.82. The van der Waals surface area contributed by atoms with Crippen LogP contribution in [0.25, 0.3) is 27.5 Å². The number of aromatic nitrogens is 2. The van der Waals surface area contributed by atoms with Crippen LogP contribution in [-0.4, -0.2) is 15.7 Å². The van der Waals surface area contributed by atoms with Crippen LogP contribution >= 0.6 is 11.3 Å². The second kappa shape index (κ2) is 6.46. The molecule has 0 aliphatic carbocycles. The van der Waals surface area contributed by atoms with E-state index in [2.05, 4.69) is 4.98 Å². The lowest BCUT2D eigenvalue weighted by atomic mass is 10.1. The molecule has 0 saturated heterocycles. The number of aryl methyl sites for hydroxylation is 1. The van der Waals surface area contributed by atoms with Crippen LogP contribution in [0, 0.1) is 11.6 Å². The lowest BCUT2D eigenvalue weighted by Crippen LogP contribution is -1.96. The zero-order chi connectivity index (χ0) is 18.3. The molecule has 0 atom stereocenters. The molecule has 0 unspecified atom stereocenters. The normalized spacial score (nSPS) is 11.2. The SMILES string of the molecule is CCc1sc2nc(-c3ccc(F)cc3)c(C=O)n2c1-c1ccc(F)cc1. The molecular weight excluding hydrogens is 354 g/mol. The molecule has 0 aliphatic heterocycles. The molecule has 6 heteroatoms. The van der Waals surface area contributed by atoms with E-state index in [1.165, 1.54) is 35.6 Å². The van der Waals surface area contributed by atoms with Gasteiger partial charge in [0, 0.05) is 10.4 Å². The van der Waals surface area contributed by atoms with Crippen LogP contribution in [0.2, 0.25) is 0 Å². The quantitative estimate of drug-likeness (QED) is 0.453. The Kier molecular flexibility index (Phi) is 4.12. The number of thiazole rings is 1. The van der Waals surface area contributed by atoms with Gasteiger partial charge in [0.25, 0.3) is 0 Å². The second-order valence-corrected chi connectivity index (χ2v) is 6.88. The Bertz CT molecular complexity index is 1100. The number of imidazole rings is 1. The minimum atomic E-state index is -0.345. The minimum absolute atomic E-state index is 0.313. The Hall–Kier alpha value is -2.86. The van der Waals surface area contributed by atoms with Crippen LogP contribution in [0.3, 0.4) is 0 Å². The largest absolute Gasteiger partial charge is 0.296 e. The van der Waals surface area contributed by atoms with E-state index in [-0.39, 0.29) is 11.6 Å². The van der Waals surface area contributed by atoms with Crippen LogP contribution in [0.1, 0.15) is 22.3 Å². The van der Waals surface area contributed by atoms with E-state index >= 15 is 0 Å². The zero-order valence-corrected chi connectivity index (χ0v) is 14.7. The van der Waals surface area contributed by atoms with Crippen molar-refractivity contribution in [3.05, 3.63) is 70.7 Å². The standard InChI is InChI=1S/C20H14F2N2OS/c1-2-17-19(13-5-9-15(22)10-6-13)24-16(11-25)18(23-20(24)26-17)12-3-7-14(21)8-4-12/h3-11H,2H2,1H3. The van der Waals surface area contributed by atoms with Gasteiger partial charge in [-0.3, -0.25) is 9.20 Å². The molecule has 4 rings (SSSR count). The Morgan fingerprint density at radius 3 is 2.12 bits per heavy atom. The highest BCUT2D eigenvalue weighted by Gasteiger charge is 2.21. The van der Waals surface area contributed by atoms with Crippen LogP contribution in [0.15, 0.2) is 48.5 Å². The Morgan fingerprint density at radius 2 is 1.58 bits per heavy atom. The van der Waals surface area contributed by atoms with Gasteiger partial charge in [-0.15, -0.1) is 11.3 Å². The van der Waals surface area contributed by atoms with E-state index in [1.807, 2.05) is 11.3 Å².